The quantitative estimate of drug-likeness (QED) is 0.784. The van der Waals surface area contributed by atoms with Gasteiger partial charge in [0, 0.05) is 11.6 Å². The molecule has 0 amide bonds. The Morgan fingerprint density at radius 1 is 1.10 bits per heavy atom. The van der Waals surface area contributed by atoms with Gasteiger partial charge in [-0.05, 0) is 61.0 Å². The highest BCUT2D eigenvalue weighted by atomic mass is 19.1. The van der Waals surface area contributed by atoms with Crippen molar-refractivity contribution in [1.82, 2.24) is 10.3 Å². The first kappa shape index (κ1) is 13.7. The fourth-order valence-corrected chi connectivity index (χ4v) is 2.74. The molecule has 21 heavy (non-hydrogen) atoms. The molecule has 3 heteroatoms. The van der Waals surface area contributed by atoms with Gasteiger partial charge in [-0.15, -0.1) is 0 Å². The van der Waals surface area contributed by atoms with Crippen LogP contribution in [0.1, 0.15) is 22.7 Å². The van der Waals surface area contributed by atoms with Gasteiger partial charge in [0.2, 0.25) is 0 Å². The van der Waals surface area contributed by atoms with Gasteiger partial charge in [0.05, 0.1) is 11.6 Å². The van der Waals surface area contributed by atoms with Crippen LogP contribution in [0.15, 0.2) is 54.7 Å². The normalized spacial score (nSPS) is 12.5. The summed E-state index contributed by atoms with van der Waals surface area (Å²) in [5.41, 5.74) is 4.16. The Bertz CT molecular complexity index is 783. The number of aryl methyl sites for hydroxylation is 1. The smallest absolute Gasteiger partial charge is 0.123 e. The highest BCUT2D eigenvalue weighted by Gasteiger charge is 2.15. The number of nitrogens with zero attached hydrogens (tertiary/aromatic N) is 1. The summed E-state index contributed by atoms with van der Waals surface area (Å²) in [4.78, 5) is 4.34. The zero-order chi connectivity index (χ0) is 14.8. The van der Waals surface area contributed by atoms with Gasteiger partial charge in [-0.25, -0.2) is 4.39 Å². The lowest BCUT2D eigenvalue weighted by molar-refractivity contribution is 0.621. The standard InChI is InChI=1S/C18H17FN2/c1-12-10-15(19)6-7-16(12)18(20-2)14-5-8-17-13(11-14)4-3-9-21-17/h3-11,18,20H,1-2H3. The number of halogens is 1. The summed E-state index contributed by atoms with van der Waals surface area (Å²) < 4.78 is 13.3. The lowest BCUT2D eigenvalue weighted by Crippen LogP contribution is -2.18. The topological polar surface area (TPSA) is 24.9 Å². The van der Waals surface area contributed by atoms with E-state index in [0.717, 1.165) is 27.6 Å². The summed E-state index contributed by atoms with van der Waals surface area (Å²) in [6.45, 7) is 1.94. The maximum Gasteiger partial charge on any atom is 0.123 e. The van der Waals surface area contributed by atoms with Crippen molar-refractivity contribution in [2.24, 2.45) is 0 Å². The molecule has 0 saturated carbocycles. The van der Waals surface area contributed by atoms with Crippen LogP contribution in [0, 0.1) is 12.7 Å². The van der Waals surface area contributed by atoms with Crippen molar-refractivity contribution in [3.63, 3.8) is 0 Å². The molecule has 3 rings (SSSR count). The van der Waals surface area contributed by atoms with Crippen molar-refractivity contribution >= 4 is 10.9 Å². The van der Waals surface area contributed by atoms with Gasteiger partial charge in [0.1, 0.15) is 5.82 Å². The Labute approximate surface area is 123 Å². The van der Waals surface area contributed by atoms with E-state index in [1.54, 1.807) is 12.3 Å². The minimum absolute atomic E-state index is 0.0372. The second-order valence-electron chi connectivity index (χ2n) is 5.18. The number of hydrogen-bond acceptors (Lipinski definition) is 2. The van der Waals surface area contributed by atoms with Crippen LogP contribution in [0.3, 0.4) is 0 Å². The number of rotatable bonds is 3. The Morgan fingerprint density at radius 3 is 2.71 bits per heavy atom. The number of pyridine rings is 1. The van der Waals surface area contributed by atoms with Crippen LogP contribution >= 0.6 is 0 Å². The molecule has 2 aromatic carbocycles. The third kappa shape index (κ3) is 2.65. The maximum absolute atomic E-state index is 13.3. The van der Waals surface area contributed by atoms with E-state index in [1.807, 2.05) is 32.2 Å². The molecule has 0 fully saturated rings. The van der Waals surface area contributed by atoms with E-state index in [9.17, 15) is 4.39 Å². The molecule has 0 spiro atoms. The molecule has 3 aromatic rings. The molecule has 1 atom stereocenters. The first-order valence-corrected chi connectivity index (χ1v) is 6.97. The van der Waals surface area contributed by atoms with Gasteiger partial charge in [0.15, 0.2) is 0 Å². The van der Waals surface area contributed by atoms with Gasteiger partial charge >= 0.3 is 0 Å². The van der Waals surface area contributed by atoms with E-state index in [2.05, 4.69) is 28.5 Å². The van der Waals surface area contributed by atoms with Crippen molar-refractivity contribution < 1.29 is 4.39 Å². The third-order valence-electron chi connectivity index (χ3n) is 3.79. The number of benzene rings is 2. The molecule has 0 saturated heterocycles. The number of aromatic nitrogens is 1. The summed E-state index contributed by atoms with van der Waals surface area (Å²) in [7, 11) is 1.92. The maximum atomic E-state index is 13.3. The fraction of sp³-hybridized carbons (Fsp3) is 0.167. The van der Waals surface area contributed by atoms with Crippen molar-refractivity contribution in [3.8, 4) is 0 Å². The second-order valence-corrected chi connectivity index (χ2v) is 5.18. The van der Waals surface area contributed by atoms with Gasteiger partial charge in [-0.3, -0.25) is 4.98 Å². The zero-order valence-corrected chi connectivity index (χ0v) is 12.1. The van der Waals surface area contributed by atoms with Crippen molar-refractivity contribution in [2.45, 2.75) is 13.0 Å². The number of hydrogen-bond donors (Lipinski definition) is 1. The van der Waals surface area contributed by atoms with E-state index < -0.39 is 0 Å². The summed E-state index contributed by atoms with van der Waals surface area (Å²) >= 11 is 0. The van der Waals surface area contributed by atoms with E-state index in [0.29, 0.717) is 0 Å². The largest absolute Gasteiger partial charge is 0.309 e. The van der Waals surface area contributed by atoms with Gasteiger partial charge in [0.25, 0.3) is 0 Å². The molecule has 106 valence electrons. The molecule has 1 heterocycles. The van der Waals surface area contributed by atoms with Crippen LogP contribution in [0.25, 0.3) is 10.9 Å². The lowest BCUT2D eigenvalue weighted by atomic mass is 9.94. The minimum Gasteiger partial charge on any atom is -0.309 e. The molecule has 1 aromatic heterocycles. The predicted octanol–water partition coefficient (Wildman–Crippen LogP) is 3.99. The molecule has 0 aliphatic rings. The minimum atomic E-state index is -0.200. The summed E-state index contributed by atoms with van der Waals surface area (Å²) in [6, 6.07) is 15.2. The number of nitrogens with one attached hydrogen (secondary N) is 1. The van der Waals surface area contributed by atoms with Crippen LogP contribution in [-0.2, 0) is 0 Å². The van der Waals surface area contributed by atoms with E-state index in [4.69, 9.17) is 0 Å². The Hall–Kier alpha value is -2.26. The molecule has 0 aliphatic heterocycles. The van der Waals surface area contributed by atoms with E-state index in [-0.39, 0.29) is 11.9 Å². The lowest BCUT2D eigenvalue weighted by Gasteiger charge is -2.20. The molecule has 0 radical (unpaired) electrons. The average molecular weight is 280 g/mol. The molecular weight excluding hydrogens is 263 g/mol. The summed E-state index contributed by atoms with van der Waals surface area (Å²) in [5.74, 6) is -0.200. The van der Waals surface area contributed by atoms with Gasteiger partial charge in [-0.2, -0.15) is 0 Å². The first-order chi connectivity index (χ1) is 10.2. The zero-order valence-electron chi connectivity index (χ0n) is 12.1. The van der Waals surface area contributed by atoms with Crippen molar-refractivity contribution in [1.29, 1.82) is 0 Å². The van der Waals surface area contributed by atoms with Crippen LogP contribution < -0.4 is 5.32 Å². The Kier molecular flexibility index (Phi) is 3.67. The van der Waals surface area contributed by atoms with Crippen LogP contribution in [0.5, 0.6) is 0 Å². The van der Waals surface area contributed by atoms with Crippen molar-refractivity contribution in [2.75, 3.05) is 7.05 Å². The number of fused-ring (bicyclic) bond motifs is 1. The van der Waals surface area contributed by atoms with Crippen LogP contribution in [0.4, 0.5) is 4.39 Å². The second kappa shape index (κ2) is 5.62. The van der Waals surface area contributed by atoms with Crippen LogP contribution in [-0.4, -0.2) is 12.0 Å². The highest BCUT2D eigenvalue weighted by Crippen LogP contribution is 2.27. The fourth-order valence-electron chi connectivity index (χ4n) is 2.74. The van der Waals surface area contributed by atoms with E-state index in [1.165, 1.54) is 6.07 Å². The molecular formula is C18H17FN2. The summed E-state index contributed by atoms with van der Waals surface area (Å²) in [6.07, 6.45) is 1.79. The predicted molar refractivity (Wildman–Crippen MR) is 83.8 cm³/mol. The van der Waals surface area contributed by atoms with Gasteiger partial charge in [-0.1, -0.05) is 18.2 Å². The van der Waals surface area contributed by atoms with Crippen LogP contribution in [0.2, 0.25) is 0 Å². The highest BCUT2D eigenvalue weighted by molar-refractivity contribution is 5.79. The van der Waals surface area contributed by atoms with E-state index >= 15 is 0 Å². The molecule has 0 aliphatic carbocycles. The third-order valence-corrected chi connectivity index (χ3v) is 3.79. The average Bonchev–Trinajstić information content (AvgIpc) is 2.50. The Morgan fingerprint density at radius 2 is 1.95 bits per heavy atom. The molecule has 2 nitrogen and oxygen atoms in total. The van der Waals surface area contributed by atoms with Gasteiger partial charge < -0.3 is 5.32 Å². The summed E-state index contributed by atoms with van der Waals surface area (Å²) in [5, 5.41) is 4.42. The SMILES string of the molecule is CNC(c1ccc2ncccc2c1)c1ccc(F)cc1C. The van der Waals surface area contributed by atoms with Crippen molar-refractivity contribution in [3.05, 3.63) is 77.2 Å². The monoisotopic (exact) mass is 280 g/mol. The molecule has 0 bridgehead atoms. The molecule has 1 N–H and O–H groups in total. The molecule has 1 unspecified atom stereocenters. The first-order valence-electron chi connectivity index (χ1n) is 6.97. The Balaban J connectivity index is 2.09.